The highest BCUT2D eigenvalue weighted by atomic mass is 32.2. The highest BCUT2D eigenvalue weighted by molar-refractivity contribution is 7.89. The van der Waals surface area contributed by atoms with Gasteiger partial charge in [0.1, 0.15) is 0 Å². The summed E-state index contributed by atoms with van der Waals surface area (Å²) in [6.07, 6.45) is 0.225. The van der Waals surface area contributed by atoms with Crippen LogP contribution in [0.15, 0.2) is 29.2 Å². The number of piperazine rings is 1. The third-order valence-electron chi connectivity index (χ3n) is 4.13. The fourth-order valence-corrected chi connectivity index (χ4v) is 3.45. The number of nitrogens with zero attached hydrogens (tertiary/aromatic N) is 3. The van der Waals surface area contributed by atoms with Gasteiger partial charge in [0, 0.05) is 47.2 Å². The number of carbonyl (C=O) groups excluding carboxylic acids is 2. The van der Waals surface area contributed by atoms with Crippen molar-refractivity contribution in [3.05, 3.63) is 29.8 Å². The molecule has 24 heavy (non-hydrogen) atoms. The third kappa shape index (κ3) is 4.12. The van der Waals surface area contributed by atoms with Crippen LogP contribution in [0, 0.1) is 0 Å². The predicted octanol–water partition coefficient (Wildman–Crippen LogP) is 0.170. The molecule has 1 heterocycles. The van der Waals surface area contributed by atoms with Gasteiger partial charge in [0.05, 0.1) is 11.3 Å². The largest absolute Gasteiger partial charge is 0.339 e. The molecular weight excluding hydrogens is 330 g/mol. The number of sulfonamides is 1. The van der Waals surface area contributed by atoms with Gasteiger partial charge in [0.25, 0.3) is 0 Å². The maximum atomic E-state index is 12.3. The summed E-state index contributed by atoms with van der Waals surface area (Å²) >= 11 is 0. The van der Waals surface area contributed by atoms with Crippen LogP contribution in [0.3, 0.4) is 0 Å². The first kappa shape index (κ1) is 18.4. The first-order chi connectivity index (χ1) is 11.2. The van der Waals surface area contributed by atoms with Gasteiger partial charge in [-0.15, -0.1) is 0 Å². The summed E-state index contributed by atoms with van der Waals surface area (Å²) in [4.78, 5) is 27.3. The van der Waals surface area contributed by atoms with E-state index < -0.39 is 10.0 Å². The van der Waals surface area contributed by atoms with E-state index in [1.165, 1.54) is 33.2 Å². The Kier molecular flexibility index (Phi) is 5.61. The van der Waals surface area contributed by atoms with Crippen LogP contribution in [-0.2, 0) is 26.0 Å². The first-order valence-corrected chi connectivity index (χ1v) is 9.20. The molecule has 1 fully saturated rings. The standard InChI is InChI=1S/C16H23N3O4S/c1-13(20)18-8-10-19(11-9-18)16(21)12-14-4-6-15(7-5-14)24(22,23)17(2)3/h4-7H,8-12H2,1-3H3. The number of hydrogen-bond acceptors (Lipinski definition) is 4. The van der Waals surface area contributed by atoms with E-state index in [4.69, 9.17) is 0 Å². The van der Waals surface area contributed by atoms with E-state index in [9.17, 15) is 18.0 Å². The summed E-state index contributed by atoms with van der Waals surface area (Å²) in [6, 6.07) is 6.37. The Balaban J connectivity index is 1.97. The number of rotatable bonds is 4. The summed E-state index contributed by atoms with van der Waals surface area (Å²) in [6.45, 7) is 3.71. The molecule has 0 bridgehead atoms. The Morgan fingerprint density at radius 1 is 1.00 bits per heavy atom. The zero-order valence-electron chi connectivity index (χ0n) is 14.2. The van der Waals surface area contributed by atoms with Gasteiger partial charge >= 0.3 is 0 Å². The molecule has 132 valence electrons. The van der Waals surface area contributed by atoms with Crippen molar-refractivity contribution in [3.63, 3.8) is 0 Å². The van der Waals surface area contributed by atoms with Crippen LogP contribution in [0.25, 0.3) is 0 Å². The third-order valence-corrected chi connectivity index (χ3v) is 5.96. The van der Waals surface area contributed by atoms with Crippen molar-refractivity contribution in [2.75, 3.05) is 40.3 Å². The van der Waals surface area contributed by atoms with Gasteiger partial charge in [0.15, 0.2) is 0 Å². The minimum Gasteiger partial charge on any atom is -0.339 e. The lowest BCUT2D eigenvalue weighted by Crippen LogP contribution is -2.50. The number of carbonyl (C=O) groups is 2. The zero-order chi connectivity index (χ0) is 17.9. The molecule has 0 radical (unpaired) electrons. The smallest absolute Gasteiger partial charge is 0.242 e. The van der Waals surface area contributed by atoms with Crippen molar-refractivity contribution in [1.82, 2.24) is 14.1 Å². The quantitative estimate of drug-likeness (QED) is 0.773. The molecule has 7 nitrogen and oxygen atoms in total. The van der Waals surface area contributed by atoms with Crippen LogP contribution in [0.4, 0.5) is 0 Å². The van der Waals surface area contributed by atoms with Gasteiger partial charge in [-0.3, -0.25) is 9.59 Å². The second-order valence-corrected chi connectivity index (χ2v) is 8.15. The predicted molar refractivity (Wildman–Crippen MR) is 89.9 cm³/mol. The fourth-order valence-electron chi connectivity index (χ4n) is 2.55. The molecule has 1 aliphatic heterocycles. The van der Waals surface area contributed by atoms with Crippen LogP contribution in [0.2, 0.25) is 0 Å². The summed E-state index contributed by atoms with van der Waals surface area (Å²) < 4.78 is 25.2. The van der Waals surface area contributed by atoms with Gasteiger partial charge in [-0.2, -0.15) is 0 Å². The topological polar surface area (TPSA) is 78.0 Å². The van der Waals surface area contributed by atoms with E-state index in [2.05, 4.69) is 0 Å². The highest BCUT2D eigenvalue weighted by Crippen LogP contribution is 2.15. The zero-order valence-corrected chi connectivity index (χ0v) is 15.0. The van der Waals surface area contributed by atoms with Crippen molar-refractivity contribution in [1.29, 1.82) is 0 Å². The van der Waals surface area contributed by atoms with E-state index in [0.717, 1.165) is 9.87 Å². The molecular formula is C16H23N3O4S. The van der Waals surface area contributed by atoms with E-state index in [0.29, 0.717) is 26.2 Å². The molecule has 0 atom stereocenters. The molecule has 1 saturated heterocycles. The molecule has 0 aromatic heterocycles. The van der Waals surface area contributed by atoms with Gasteiger partial charge in [-0.1, -0.05) is 12.1 Å². The lowest BCUT2D eigenvalue weighted by Gasteiger charge is -2.34. The van der Waals surface area contributed by atoms with Crippen LogP contribution >= 0.6 is 0 Å². The minimum absolute atomic E-state index is 0.0126. The summed E-state index contributed by atoms with van der Waals surface area (Å²) in [5.74, 6) is 0.0150. The van der Waals surface area contributed by atoms with Crippen molar-refractivity contribution in [2.24, 2.45) is 0 Å². The molecule has 8 heteroatoms. The van der Waals surface area contributed by atoms with Crippen LogP contribution < -0.4 is 0 Å². The van der Waals surface area contributed by atoms with Crippen LogP contribution in [0.5, 0.6) is 0 Å². The van der Waals surface area contributed by atoms with Crippen molar-refractivity contribution in [2.45, 2.75) is 18.2 Å². The summed E-state index contributed by atoms with van der Waals surface area (Å²) in [5.41, 5.74) is 0.770. The Bertz CT molecular complexity index is 705. The molecule has 2 amide bonds. The molecule has 1 aliphatic rings. The monoisotopic (exact) mass is 353 g/mol. The lowest BCUT2D eigenvalue weighted by atomic mass is 10.1. The molecule has 0 unspecified atom stereocenters. The molecule has 0 saturated carbocycles. The van der Waals surface area contributed by atoms with E-state index in [1.807, 2.05) is 0 Å². The fraction of sp³-hybridized carbons (Fsp3) is 0.500. The van der Waals surface area contributed by atoms with Gasteiger partial charge in [-0.05, 0) is 17.7 Å². The van der Waals surface area contributed by atoms with Crippen LogP contribution in [0.1, 0.15) is 12.5 Å². The Morgan fingerprint density at radius 3 is 1.96 bits per heavy atom. The van der Waals surface area contributed by atoms with E-state index in [-0.39, 0.29) is 23.1 Å². The second kappa shape index (κ2) is 7.31. The molecule has 1 aromatic rings. The van der Waals surface area contributed by atoms with E-state index >= 15 is 0 Å². The molecule has 2 rings (SSSR count). The lowest BCUT2D eigenvalue weighted by molar-refractivity contribution is -0.138. The SMILES string of the molecule is CC(=O)N1CCN(C(=O)Cc2ccc(S(=O)(=O)N(C)C)cc2)CC1. The number of amides is 2. The maximum absolute atomic E-state index is 12.3. The average Bonchev–Trinajstić information content (AvgIpc) is 2.55. The molecule has 0 spiro atoms. The van der Waals surface area contributed by atoms with E-state index in [1.54, 1.807) is 21.9 Å². The van der Waals surface area contributed by atoms with Gasteiger partial charge in [-0.25, -0.2) is 12.7 Å². The average molecular weight is 353 g/mol. The summed E-state index contributed by atoms with van der Waals surface area (Å²) in [5, 5.41) is 0. The highest BCUT2D eigenvalue weighted by Gasteiger charge is 2.22. The maximum Gasteiger partial charge on any atom is 0.242 e. The molecule has 0 aliphatic carbocycles. The Morgan fingerprint density at radius 2 is 1.50 bits per heavy atom. The second-order valence-electron chi connectivity index (χ2n) is 6.00. The first-order valence-electron chi connectivity index (χ1n) is 7.76. The minimum atomic E-state index is -3.46. The number of hydrogen-bond donors (Lipinski definition) is 0. The van der Waals surface area contributed by atoms with Crippen molar-refractivity contribution >= 4 is 21.8 Å². The number of benzene rings is 1. The normalized spacial score (nSPS) is 15.7. The van der Waals surface area contributed by atoms with Crippen LogP contribution in [-0.4, -0.2) is 74.6 Å². The molecule has 0 N–H and O–H groups in total. The van der Waals surface area contributed by atoms with Gasteiger partial charge in [0.2, 0.25) is 21.8 Å². The van der Waals surface area contributed by atoms with Crippen molar-refractivity contribution < 1.29 is 18.0 Å². The summed E-state index contributed by atoms with van der Waals surface area (Å²) in [7, 11) is -0.497. The Hall–Kier alpha value is -1.93. The Labute approximate surface area is 142 Å². The molecule has 1 aromatic carbocycles. The van der Waals surface area contributed by atoms with Gasteiger partial charge < -0.3 is 9.80 Å². The van der Waals surface area contributed by atoms with Crippen molar-refractivity contribution in [3.8, 4) is 0 Å².